The van der Waals surface area contributed by atoms with E-state index in [4.69, 9.17) is 0 Å². The molecule has 2 fully saturated rings. The minimum Gasteiger partial charge on any atom is -0.315 e. The third kappa shape index (κ3) is 4.18. The van der Waals surface area contributed by atoms with E-state index in [-0.39, 0.29) is 35.1 Å². The molecule has 1 amide bonds. The highest BCUT2D eigenvalue weighted by Gasteiger charge is 2.50. The number of thioether (sulfide) groups is 1. The van der Waals surface area contributed by atoms with Crippen LogP contribution in [0.2, 0.25) is 0 Å². The number of carbonyl (C=O) groups excluding carboxylic acids is 1. The van der Waals surface area contributed by atoms with Crippen molar-refractivity contribution >= 4 is 38.4 Å². The number of aryl methyl sites for hydroxylation is 2. The van der Waals surface area contributed by atoms with Gasteiger partial charge in [-0.1, -0.05) is 74.1 Å². The standard InChI is InChI=1S/C23H26N2O3S2/c1-3-17-11-8-12-18(4-2)22(17)25-19-14-30(27,28)15-20(19)29-23(25)24-21(26)13-16-9-6-5-7-10-16/h5-12,19-20H,3-4,13-15H2,1-2H3/t19-,20+/m1/s1. The van der Waals surface area contributed by atoms with Crippen LogP contribution in [0.4, 0.5) is 5.69 Å². The SMILES string of the molecule is CCc1cccc(CC)c1N1C(=NC(=O)Cc2ccccc2)S[C@H]2CS(=O)(=O)C[C@H]21. The first-order valence-electron chi connectivity index (χ1n) is 10.3. The molecular weight excluding hydrogens is 416 g/mol. The first-order chi connectivity index (χ1) is 14.4. The molecule has 2 aromatic rings. The molecule has 2 heterocycles. The molecule has 2 aromatic carbocycles. The number of benzene rings is 2. The molecule has 2 aliphatic heterocycles. The van der Waals surface area contributed by atoms with Crippen LogP contribution in [0.1, 0.15) is 30.5 Å². The number of sulfone groups is 1. The van der Waals surface area contributed by atoms with E-state index in [9.17, 15) is 13.2 Å². The topological polar surface area (TPSA) is 66.8 Å². The van der Waals surface area contributed by atoms with Crippen molar-refractivity contribution in [2.75, 3.05) is 16.4 Å². The van der Waals surface area contributed by atoms with E-state index < -0.39 is 9.84 Å². The van der Waals surface area contributed by atoms with Crippen LogP contribution < -0.4 is 4.90 Å². The van der Waals surface area contributed by atoms with Gasteiger partial charge in [-0.15, -0.1) is 0 Å². The van der Waals surface area contributed by atoms with E-state index in [0.717, 1.165) is 35.2 Å². The van der Waals surface area contributed by atoms with E-state index in [1.165, 1.54) is 11.8 Å². The lowest BCUT2D eigenvalue weighted by Crippen LogP contribution is -2.39. The normalized spacial score (nSPS) is 23.7. The molecule has 0 aliphatic carbocycles. The highest BCUT2D eigenvalue weighted by atomic mass is 32.2. The quantitative estimate of drug-likeness (QED) is 0.707. The van der Waals surface area contributed by atoms with Crippen molar-refractivity contribution in [3.05, 3.63) is 65.2 Å². The Morgan fingerprint density at radius 2 is 1.70 bits per heavy atom. The summed E-state index contributed by atoms with van der Waals surface area (Å²) in [6, 6.07) is 15.6. The van der Waals surface area contributed by atoms with Crippen molar-refractivity contribution < 1.29 is 13.2 Å². The lowest BCUT2D eigenvalue weighted by molar-refractivity contribution is -0.117. The Morgan fingerprint density at radius 3 is 2.33 bits per heavy atom. The Kier molecular flexibility index (Phi) is 6.02. The average Bonchev–Trinajstić information content (AvgIpc) is 3.18. The van der Waals surface area contributed by atoms with Gasteiger partial charge in [0.2, 0.25) is 0 Å². The number of carbonyl (C=O) groups is 1. The zero-order valence-corrected chi connectivity index (χ0v) is 18.9. The number of anilines is 1. The average molecular weight is 443 g/mol. The van der Waals surface area contributed by atoms with Crippen LogP contribution in [-0.2, 0) is 33.9 Å². The van der Waals surface area contributed by atoms with Crippen LogP contribution in [0.25, 0.3) is 0 Å². The molecule has 0 N–H and O–H groups in total. The van der Waals surface area contributed by atoms with Gasteiger partial charge in [-0.2, -0.15) is 4.99 Å². The highest BCUT2D eigenvalue weighted by molar-refractivity contribution is 8.16. The van der Waals surface area contributed by atoms with Crippen molar-refractivity contribution in [2.45, 2.75) is 44.4 Å². The van der Waals surface area contributed by atoms with Gasteiger partial charge in [0.15, 0.2) is 15.0 Å². The summed E-state index contributed by atoms with van der Waals surface area (Å²) < 4.78 is 24.7. The highest BCUT2D eigenvalue weighted by Crippen LogP contribution is 2.43. The molecule has 30 heavy (non-hydrogen) atoms. The van der Waals surface area contributed by atoms with Gasteiger partial charge in [-0.05, 0) is 29.5 Å². The Balaban J connectivity index is 1.75. The summed E-state index contributed by atoms with van der Waals surface area (Å²) in [5.74, 6) is 0.0432. The van der Waals surface area contributed by atoms with Crippen LogP contribution in [0.15, 0.2) is 53.5 Å². The molecule has 5 nitrogen and oxygen atoms in total. The first-order valence-corrected chi connectivity index (χ1v) is 13.0. The Labute approximate surface area is 182 Å². The molecule has 0 spiro atoms. The predicted molar refractivity (Wildman–Crippen MR) is 124 cm³/mol. The number of nitrogens with zero attached hydrogens (tertiary/aromatic N) is 2. The second-order valence-corrected chi connectivity index (χ2v) is 11.1. The smallest absolute Gasteiger partial charge is 0.252 e. The van der Waals surface area contributed by atoms with Crippen LogP contribution in [0.5, 0.6) is 0 Å². The van der Waals surface area contributed by atoms with E-state index >= 15 is 0 Å². The van der Waals surface area contributed by atoms with Gasteiger partial charge in [0, 0.05) is 10.9 Å². The van der Waals surface area contributed by atoms with Gasteiger partial charge < -0.3 is 4.90 Å². The second-order valence-electron chi connectivity index (χ2n) is 7.75. The molecule has 4 rings (SSSR count). The zero-order chi connectivity index (χ0) is 21.3. The lowest BCUT2D eigenvalue weighted by Gasteiger charge is -2.29. The van der Waals surface area contributed by atoms with Crippen molar-refractivity contribution in [1.82, 2.24) is 0 Å². The Bertz CT molecular complexity index is 1060. The van der Waals surface area contributed by atoms with Gasteiger partial charge in [-0.3, -0.25) is 4.79 Å². The largest absolute Gasteiger partial charge is 0.315 e. The fourth-order valence-corrected chi connectivity index (χ4v) is 8.18. The monoisotopic (exact) mass is 442 g/mol. The Hall–Kier alpha value is -2.12. The summed E-state index contributed by atoms with van der Waals surface area (Å²) in [7, 11) is -3.09. The number of hydrogen-bond donors (Lipinski definition) is 0. The van der Waals surface area contributed by atoms with E-state index in [1.807, 2.05) is 36.4 Å². The molecule has 158 valence electrons. The third-order valence-electron chi connectivity index (χ3n) is 5.69. The van der Waals surface area contributed by atoms with Gasteiger partial charge in [0.25, 0.3) is 5.91 Å². The summed E-state index contributed by atoms with van der Waals surface area (Å²) in [5.41, 5.74) is 4.27. The number of aliphatic imine (C=N–C) groups is 1. The molecule has 0 unspecified atom stereocenters. The molecule has 2 atom stereocenters. The van der Waals surface area contributed by atoms with Crippen LogP contribution in [0, 0.1) is 0 Å². The molecular formula is C23H26N2O3S2. The lowest BCUT2D eigenvalue weighted by atomic mass is 10.0. The number of para-hydroxylation sites is 1. The third-order valence-corrected chi connectivity index (χ3v) is 8.90. The molecule has 0 saturated carbocycles. The molecule has 0 bridgehead atoms. The number of amides is 1. The summed E-state index contributed by atoms with van der Waals surface area (Å²) >= 11 is 1.44. The maximum atomic E-state index is 12.8. The molecule has 7 heteroatoms. The summed E-state index contributed by atoms with van der Waals surface area (Å²) in [5, 5.41) is 0.546. The summed E-state index contributed by atoms with van der Waals surface area (Å²) in [4.78, 5) is 19.3. The second kappa shape index (κ2) is 8.55. The fourth-order valence-electron chi connectivity index (χ4n) is 4.27. The van der Waals surface area contributed by atoms with E-state index in [1.54, 1.807) is 0 Å². The molecule has 2 saturated heterocycles. The minimum absolute atomic E-state index is 0.0899. The maximum Gasteiger partial charge on any atom is 0.252 e. The van der Waals surface area contributed by atoms with Crippen LogP contribution in [0.3, 0.4) is 0 Å². The van der Waals surface area contributed by atoms with Crippen molar-refractivity contribution in [2.24, 2.45) is 4.99 Å². The number of fused-ring (bicyclic) bond motifs is 1. The number of rotatable bonds is 5. The van der Waals surface area contributed by atoms with Gasteiger partial charge in [0.1, 0.15) is 0 Å². The molecule has 2 aliphatic rings. The number of hydrogen-bond acceptors (Lipinski definition) is 4. The zero-order valence-electron chi connectivity index (χ0n) is 17.2. The van der Waals surface area contributed by atoms with Gasteiger partial charge in [-0.25, -0.2) is 8.42 Å². The number of amidine groups is 1. The van der Waals surface area contributed by atoms with Crippen LogP contribution in [-0.4, -0.2) is 42.3 Å². The molecule has 0 radical (unpaired) electrons. The van der Waals surface area contributed by atoms with Gasteiger partial charge in [0.05, 0.1) is 24.0 Å². The van der Waals surface area contributed by atoms with E-state index in [0.29, 0.717) is 5.17 Å². The van der Waals surface area contributed by atoms with Crippen LogP contribution >= 0.6 is 11.8 Å². The van der Waals surface area contributed by atoms with Crippen molar-refractivity contribution in [3.63, 3.8) is 0 Å². The summed E-state index contributed by atoms with van der Waals surface area (Å²) in [6.45, 7) is 4.20. The fraction of sp³-hybridized carbons (Fsp3) is 0.391. The maximum absolute atomic E-state index is 12.8. The van der Waals surface area contributed by atoms with Crippen molar-refractivity contribution in [3.8, 4) is 0 Å². The van der Waals surface area contributed by atoms with E-state index in [2.05, 4.69) is 35.9 Å². The van der Waals surface area contributed by atoms with Gasteiger partial charge >= 0.3 is 0 Å². The first kappa shape index (κ1) is 21.1. The molecule has 0 aromatic heterocycles. The minimum atomic E-state index is -3.09. The Morgan fingerprint density at radius 1 is 1.03 bits per heavy atom. The summed E-state index contributed by atoms with van der Waals surface area (Å²) in [6.07, 6.45) is 1.90. The predicted octanol–water partition coefficient (Wildman–Crippen LogP) is 3.66. The van der Waals surface area contributed by atoms with Crippen molar-refractivity contribution in [1.29, 1.82) is 0 Å².